The number of fused-ring (bicyclic) bond motifs is 1. The van der Waals surface area contributed by atoms with Gasteiger partial charge in [-0.05, 0) is 50.3 Å². The van der Waals surface area contributed by atoms with Crippen LogP contribution >= 0.6 is 11.3 Å². The maximum Gasteiger partial charge on any atom is 0.349 e. The molecule has 0 aliphatic heterocycles. The number of aryl methyl sites for hydroxylation is 1. The molecule has 0 bridgehead atoms. The third kappa shape index (κ3) is 2.58. The van der Waals surface area contributed by atoms with Crippen LogP contribution in [0, 0.1) is 12.8 Å². The van der Waals surface area contributed by atoms with Crippen LogP contribution in [-0.4, -0.2) is 24.3 Å². The fourth-order valence-corrected chi connectivity index (χ4v) is 3.58. The molecule has 1 unspecified atom stereocenters. The molecule has 5 heteroatoms. The first-order valence-corrected chi connectivity index (χ1v) is 7.84. The van der Waals surface area contributed by atoms with Crippen LogP contribution in [0.2, 0.25) is 0 Å². The average Bonchev–Trinajstić information content (AvgIpc) is 3.22. The summed E-state index contributed by atoms with van der Waals surface area (Å²) < 4.78 is 12.3. The molecule has 1 aliphatic rings. The van der Waals surface area contributed by atoms with E-state index >= 15 is 0 Å². The molecule has 21 heavy (non-hydrogen) atoms. The third-order valence-corrected chi connectivity index (χ3v) is 5.07. The van der Waals surface area contributed by atoms with E-state index in [1.54, 1.807) is 7.11 Å². The number of hydrogen-bond donors (Lipinski definition) is 1. The smallest absolute Gasteiger partial charge is 0.349 e. The predicted octanol–water partition coefficient (Wildman–Crippen LogP) is 4.09. The van der Waals surface area contributed by atoms with Gasteiger partial charge in [0.2, 0.25) is 0 Å². The van der Waals surface area contributed by atoms with E-state index < -0.39 is 5.97 Å². The minimum atomic E-state index is -0.939. The van der Waals surface area contributed by atoms with Crippen molar-refractivity contribution in [2.24, 2.45) is 5.92 Å². The van der Waals surface area contributed by atoms with Gasteiger partial charge in [0.1, 0.15) is 5.75 Å². The maximum atomic E-state index is 11.5. The molecule has 1 aromatic heterocycles. The fourth-order valence-electron chi connectivity index (χ4n) is 2.53. The summed E-state index contributed by atoms with van der Waals surface area (Å²) in [6.45, 7) is 3.96. The number of benzene rings is 1. The Morgan fingerprint density at radius 2 is 2.14 bits per heavy atom. The van der Waals surface area contributed by atoms with Crippen molar-refractivity contribution in [3.63, 3.8) is 0 Å². The molecule has 0 saturated heterocycles. The van der Waals surface area contributed by atoms with E-state index in [1.165, 1.54) is 11.3 Å². The van der Waals surface area contributed by atoms with Crippen LogP contribution in [0.15, 0.2) is 12.1 Å². The molecule has 1 atom stereocenters. The van der Waals surface area contributed by atoms with Crippen LogP contribution in [0.1, 0.15) is 35.0 Å². The highest BCUT2D eigenvalue weighted by atomic mass is 32.1. The van der Waals surface area contributed by atoms with Gasteiger partial charge in [0.05, 0.1) is 13.2 Å². The normalized spacial score (nSPS) is 16.0. The molecule has 0 amide bonds. The summed E-state index contributed by atoms with van der Waals surface area (Å²) in [6.07, 6.45) is 2.37. The second kappa shape index (κ2) is 5.22. The van der Waals surface area contributed by atoms with Gasteiger partial charge in [-0.15, -0.1) is 11.3 Å². The van der Waals surface area contributed by atoms with Crippen LogP contribution in [0.5, 0.6) is 11.5 Å². The average molecular weight is 306 g/mol. The van der Waals surface area contributed by atoms with Gasteiger partial charge in [-0.3, -0.25) is 0 Å². The quantitative estimate of drug-likeness (QED) is 0.903. The van der Waals surface area contributed by atoms with Crippen molar-refractivity contribution >= 4 is 27.4 Å². The Morgan fingerprint density at radius 3 is 2.71 bits per heavy atom. The minimum Gasteiger partial charge on any atom is -0.496 e. The number of hydrogen-bond acceptors (Lipinski definition) is 4. The highest BCUT2D eigenvalue weighted by molar-refractivity contribution is 7.21. The van der Waals surface area contributed by atoms with Crippen molar-refractivity contribution in [2.45, 2.75) is 32.8 Å². The molecule has 0 spiro atoms. The van der Waals surface area contributed by atoms with E-state index in [-0.39, 0.29) is 11.0 Å². The third-order valence-electron chi connectivity index (χ3n) is 3.94. The van der Waals surface area contributed by atoms with Gasteiger partial charge in [0.25, 0.3) is 0 Å². The van der Waals surface area contributed by atoms with E-state index in [9.17, 15) is 9.90 Å². The first kappa shape index (κ1) is 14.2. The summed E-state index contributed by atoms with van der Waals surface area (Å²) in [6, 6.07) is 3.84. The van der Waals surface area contributed by atoms with Crippen molar-refractivity contribution in [3.8, 4) is 11.5 Å². The Balaban J connectivity index is 2.12. The van der Waals surface area contributed by atoms with Crippen molar-refractivity contribution in [1.82, 2.24) is 0 Å². The Hall–Kier alpha value is -1.75. The highest BCUT2D eigenvalue weighted by Crippen LogP contribution is 2.43. The molecule has 1 N–H and O–H groups in total. The minimum absolute atomic E-state index is 0.0493. The number of methoxy groups -OCH3 is 1. The van der Waals surface area contributed by atoms with E-state index in [0.717, 1.165) is 34.2 Å². The number of carboxylic acid groups (broad SMARTS) is 1. The van der Waals surface area contributed by atoms with Gasteiger partial charge in [-0.1, -0.05) is 0 Å². The van der Waals surface area contributed by atoms with E-state index in [1.807, 2.05) is 26.0 Å². The molecule has 1 aromatic carbocycles. The molecule has 4 nitrogen and oxygen atoms in total. The van der Waals surface area contributed by atoms with Gasteiger partial charge in [-0.25, -0.2) is 4.79 Å². The molecule has 1 heterocycles. The molecule has 3 rings (SSSR count). The topological polar surface area (TPSA) is 55.8 Å². The first-order valence-electron chi connectivity index (χ1n) is 7.02. The van der Waals surface area contributed by atoms with Gasteiger partial charge in [0, 0.05) is 10.1 Å². The van der Waals surface area contributed by atoms with Gasteiger partial charge in [-0.2, -0.15) is 0 Å². The Kier molecular flexibility index (Phi) is 3.53. The SMILES string of the molecule is COc1cc2c(OC(C)C3CC3)c(C(=O)O)sc2cc1C. The van der Waals surface area contributed by atoms with Crippen LogP contribution in [-0.2, 0) is 0 Å². The van der Waals surface area contributed by atoms with Crippen molar-refractivity contribution in [2.75, 3.05) is 7.11 Å². The monoisotopic (exact) mass is 306 g/mol. The summed E-state index contributed by atoms with van der Waals surface area (Å²) in [7, 11) is 1.62. The molecular formula is C16H18O4S. The van der Waals surface area contributed by atoms with Crippen molar-refractivity contribution < 1.29 is 19.4 Å². The maximum absolute atomic E-state index is 11.5. The molecular weight excluding hydrogens is 288 g/mol. The summed E-state index contributed by atoms with van der Waals surface area (Å²) >= 11 is 1.26. The summed E-state index contributed by atoms with van der Waals surface area (Å²) in [4.78, 5) is 11.8. The number of ether oxygens (including phenoxy) is 2. The zero-order valence-electron chi connectivity index (χ0n) is 12.3. The van der Waals surface area contributed by atoms with E-state index in [0.29, 0.717) is 11.7 Å². The molecule has 1 fully saturated rings. The van der Waals surface area contributed by atoms with Crippen LogP contribution in [0.4, 0.5) is 0 Å². The predicted molar refractivity (Wildman–Crippen MR) is 82.9 cm³/mol. The number of thiophene rings is 1. The lowest BCUT2D eigenvalue weighted by molar-refractivity contribution is 0.0695. The van der Waals surface area contributed by atoms with Crippen LogP contribution < -0.4 is 9.47 Å². The largest absolute Gasteiger partial charge is 0.496 e. The molecule has 1 aliphatic carbocycles. The van der Waals surface area contributed by atoms with Crippen molar-refractivity contribution in [3.05, 3.63) is 22.6 Å². The number of carboxylic acids is 1. The number of rotatable bonds is 5. The molecule has 1 saturated carbocycles. The van der Waals surface area contributed by atoms with Crippen LogP contribution in [0.25, 0.3) is 10.1 Å². The first-order chi connectivity index (χ1) is 10.0. The van der Waals surface area contributed by atoms with Gasteiger partial charge < -0.3 is 14.6 Å². The second-order valence-corrected chi connectivity index (χ2v) is 6.60. The zero-order chi connectivity index (χ0) is 15.1. The standard InChI is InChI=1S/C16H18O4S/c1-8-6-13-11(7-12(8)19-3)14(15(21-13)16(17)18)20-9(2)10-4-5-10/h6-7,9-10H,4-5H2,1-3H3,(H,17,18). The number of carbonyl (C=O) groups is 1. The Morgan fingerprint density at radius 1 is 1.43 bits per heavy atom. The number of aromatic carboxylic acids is 1. The van der Waals surface area contributed by atoms with E-state index in [2.05, 4.69) is 0 Å². The van der Waals surface area contributed by atoms with Crippen LogP contribution in [0.3, 0.4) is 0 Å². The van der Waals surface area contributed by atoms with Gasteiger partial charge in [0.15, 0.2) is 10.6 Å². The summed E-state index contributed by atoms with van der Waals surface area (Å²) in [5.41, 5.74) is 0.991. The lowest BCUT2D eigenvalue weighted by Crippen LogP contribution is -2.15. The molecule has 2 aromatic rings. The van der Waals surface area contributed by atoms with E-state index in [4.69, 9.17) is 9.47 Å². The fraction of sp³-hybridized carbons (Fsp3) is 0.438. The Bertz CT molecular complexity index is 700. The van der Waals surface area contributed by atoms with Gasteiger partial charge >= 0.3 is 5.97 Å². The summed E-state index contributed by atoms with van der Waals surface area (Å²) in [5.74, 6) is 0.848. The summed E-state index contributed by atoms with van der Waals surface area (Å²) in [5, 5.41) is 10.3. The second-order valence-electron chi connectivity index (χ2n) is 5.54. The zero-order valence-corrected chi connectivity index (χ0v) is 13.1. The lowest BCUT2D eigenvalue weighted by atomic mass is 10.1. The lowest BCUT2D eigenvalue weighted by Gasteiger charge is -2.14. The Labute approximate surface area is 127 Å². The highest BCUT2D eigenvalue weighted by Gasteiger charge is 2.31. The molecule has 0 radical (unpaired) electrons. The molecule has 112 valence electrons. The van der Waals surface area contributed by atoms with Crippen molar-refractivity contribution in [1.29, 1.82) is 0 Å².